The predicted octanol–water partition coefficient (Wildman–Crippen LogP) is 5.37. The number of hydrogen-bond acceptors (Lipinski definition) is 3. The second-order valence-electron chi connectivity index (χ2n) is 7.67. The van der Waals surface area contributed by atoms with E-state index in [1.54, 1.807) is 6.92 Å². The van der Waals surface area contributed by atoms with Gasteiger partial charge >= 0.3 is 0 Å². The van der Waals surface area contributed by atoms with Crippen LogP contribution in [0.4, 0.5) is 0 Å². The van der Waals surface area contributed by atoms with Gasteiger partial charge in [-0.3, -0.25) is 9.78 Å². The van der Waals surface area contributed by atoms with Gasteiger partial charge in [0.25, 0.3) is 0 Å². The minimum Gasteiger partial charge on any atom is -0.316 e. The van der Waals surface area contributed by atoms with Gasteiger partial charge in [0, 0.05) is 17.3 Å². The number of nitrogens with one attached hydrogen (secondary N) is 1. The number of carbonyl (C=O) groups is 1. The third-order valence-corrected chi connectivity index (χ3v) is 5.63. The van der Waals surface area contributed by atoms with Crippen LogP contribution in [0.1, 0.15) is 79.2 Å². The molecule has 0 atom stereocenters. The normalized spacial score (nSPS) is 15.7. The first-order valence-corrected chi connectivity index (χ1v) is 10.7. The molecule has 0 spiro atoms. The molecular weight excluding hydrogens is 344 g/mol. The number of nitrogens with zero attached hydrogens (tertiary/aromatic N) is 1. The average Bonchev–Trinajstić information content (AvgIpc) is 2.91. The van der Waals surface area contributed by atoms with Gasteiger partial charge in [0.2, 0.25) is 0 Å². The highest BCUT2D eigenvalue weighted by Gasteiger charge is 2.23. The van der Waals surface area contributed by atoms with E-state index in [2.05, 4.69) is 37.4 Å². The molecule has 3 nitrogen and oxygen atoms in total. The first-order chi connectivity index (χ1) is 13.7. The van der Waals surface area contributed by atoms with Crippen LogP contribution in [-0.2, 0) is 12.8 Å². The van der Waals surface area contributed by atoms with Gasteiger partial charge in [-0.25, -0.2) is 0 Å². The van der Waals surface area contributed by atoms with Gasteiger partial charge in [0.1, 0.15) is 0 Å². The Balaban J connectivity index is 0.000000516. The van der Waals surface area contributed by atoms with Crippen molar-refractivity contribution in [2.75, 3.05) is 13.1 Å². The molecule has 1 saturated heterocycles. The number of pyridine rings is 1. The SMILES string of the molecule is CC(=O)c1ccc2c(c1)CCc1cccnc1C2=C1CCNCC1.CCCC. The van der Waals surface area contributed by atoms with Crippen molar-refractivity contribution in [1.29, 1.82) is 0 Å². The summed E-state index contributed by atoms with van der Waals surface area (Å²) in [5, 5.41) is 3.44. The standard InChI is InChI=1S/C21H22N2O.C4H10/c1-14(24)17-6-7-19-18(13-17)5-4-16-3-2-10-23-21(16)20(19)15-8-11-22-12-9-15;1-3-4-2/h2-3,6-7,10,13,22H,4-5,8-9,11-12H2,1H3;3-4H2,1-2H3. The number of benzene rings is 1. The summed E-state index contributed by atoms with van der Waals surface area (Å²) in [4.78, 5) is 16.5. The number of hydrogen-bond donors (Lipinski definition) is 1. The first kappa shape index (κ1) is 20.5. The maximum atomic E-state index is 11.8. The van der Waals surface area contributed by atoms with Crippen molar-refractivity contribution in [3.63, 3.8) is 0 Å². The molecule has 1 N–H and O–H groups in total. The van der Waals surface area contributed by atoms with Crippen LogP contribution < -0.4 is 5.32 Å². The second-order valence-corrected chi connectivity index (χ2v) is 7.67. The maximum Gasteiger partial charge on any atom is 0.159 e. The van der Waals surface area contributed by atoms with Gasteiger partial charge in [-0.15, -0.1) is 0 Å². The summed E-state index contributed by atoms with van der Waals surface area (Å²) in [5.74, 6) is 0.133. The Morgan fingerprint density at radius 3 is 2.39 bits per heavy atom. The summed E-state index contributed by atoms with van der Waals surface area (Å²) >= 11 is 0. The molecule has 2 aliphatic rings. The van der Waals surface area contributed by atoms with E-state index >= 15 is 0 Å². The lowest BCUT2D eigenvalue weighted by Crippen LogP contribution is -2.24. The highest BCUT2D eigenvalue weighted by molar-refractivity contribution is 5.95. The monoisotopic (exact) mass is 376 g/mol. The smallest absolute Gasteiger partial charge is 0.159 e. The summed E-state index contributed by atoms with van der Waals surface area (Å²) in [7, 11) is 0. The van der Waals surface area contributed by atoms with Crippen LogP contribution >= 0.6 is 0 Å². The van der Waals surface area contributed by atoms with Crippen molar-refractivity contribution < 1.29 is 4.79 Å². The fraction of sp³-hybridized carbons (Fsp3) is 0.440. The molecule has 1 aromatic carbocycles. The molecule has 0 unspecified atom stereocenters. The first-order valence-electron chi connectivity index (χ1n) is 10.7. The van der Waals surface area contributed by atoms with Crippen molar-refractivity contribution in [2.45, 2.75) is 59.3 Å². The Kier molecular flexibility index (Phi) is 7.16. The highest BCUT2D eigenvalue weighted by Crippen LogP contribution is 2.37. The number of piperidine rings is 1. The van der Waals surface area contributed by atoms with Gasteiger partial charge in [-0.2, -0.15) is 0 Å². The van der Waals surface area contributed by atoms with E-state index in [4.69, 9.17) is 4.98 Å². The van der Waals surface area contributed by atoms with Crippen LogP contribution in [-0.4, -0.2) is 23.9 Å². The van der Waals surface area contributed by atoms with Crippen LogP contribution in [0.5, 0.6) is 0 Å². The maximum absolute atomic E-state index is 11.8. The summed E-state index contributed by atoms with van der Waals surface area (Å²) < 4.78 is 0. The fourth-order valence-corrected chi connectivity index (χ4v) is 3.86. The number of aromatic nitrogens is 1. The Morgan fingerprint density at radius 1 is 1.00 bits per heavy atom. The zero-order chi connectivity index (χ0) is 19.9. The molecule has 1 aliphatic heterocycles. The summed E-state index contributed by atoms with van der Waals surface area (Å²) in [5.41, 5.74) is 8.63. The van der Waals surface area contributed by atoms with Crippen molar-refractivity contribution in [2.24, 2.45) is 0 Å². The lowest BCUT2D eigenvalue weighted by atomic mass is 9.88. The van der Waals surface area contributed by atoms with E-state index in [1.165, 1.54) is 40.7 Å². The molecule has 2 heterocycles. The number of fused-ring (bicyclic) bond motifs is 2. The molecule has 0 saturated carbocycles. The predicted molar refractivity (Wildman–Crippen MR) is 117 cm³/mol. The quantitative estimate of drug-likeness (QED) is 0.716. The Bertz CT molecular complexity index is 857. The molecule has 3 heteroatoms. The molecule has 0 amide bonds. The number of Topliss-reactive ketones (excluding diaryl/α,β-unsaturated/α-hetero) is 1. The van der Waals surface area contributed by atoms with Crippen molar-refractivity contribution in [1.82, 2.24) is 10.3 Å². The van der Waals surface area contributed by atoms with Crippen LogP contribution in [0, 0.1) is 0 Å². The Hall–Kier alpha value is -2.26. The Labute approximate surface area is 169 Å². The molecule has 1 aliphatic carbocycles. The Morgan fingerprint density at radius 2 is 1.71 bits per heavy atom. The number of rotatable bonds is 2. The van der Waals surface area contributed by atoms with Gasteiger partial charge in [0.05, 0.1) is 5.69 Å². The summed E-state index contributed by atoms with van der Waals surface area (Å²) in [6, 6.07) is 10.4. The van der Waals surface area contributed by atoms with Crippen LogP contribution in [0.3, 0.4) is 0 Å². The topological polar surface area (TPSA) is 42.0 Å². The van der Waals surface area contributed by atoms with Crippen molar-refractivity contribution >= 4 is 11.4 Å². The van der Waals surface area contributed by atoms with Gasteiger partial charge in [-0.1, -0.05) is 50.5 Å². The molecule has 148 valence electrons. The fourth-order valence-electron chi connectivity index (χ4n) is 3.86. The van der Waals surface area contributed by atoms with Crippen molar-refractivity contribution in [3.05, 3.63) is 70.0 Å². The van der Waals surface area contributed by atoms with Crippen LogP contribution in [0.15, 0.2) is 42.1 Å². The number of aryl methyl sites for hydroxylation is 2. The molecular formula is C25H32N2O. The van der Waals surface area contributed by atoms with E-state index in [0.717, 1.165) is 50.0 Å². The third kappa shape index (κ3) is 4.59. The van der Waals surface area contributed by atoms with E-state index in [0.29, 0.717) is 0 Å². The van der Waals surface area contributed by atoms with Crippen LogP contribution in [0.25, 0.3) is 5.57 Å². The molecule has 0 radical (unpaired) electrons. The van der Waals surface area contributed by atoms with E-state index in [9.17, 15) is 4.79 Å². The summed E-state index contributed by atoms with van der Waals surface area (Å²) in [6.07, 6.45) is 8.62. The lowest BCUT2D eigenvalue weighted by molar-refractivity contribution is 0.101. The summed E-state index contributed by atoms with van der Waals surface area (Å²) in [6.45, 7) is 8.06. The number of carbonyl (C=O) groups excluding carboxylic acids is 1. The van der Waals surface area contributed by atoms with Crippen molar-refractivity contribution in [3.8, 4) is 0 Å². The largest absolute Gasteiger partial charge is 0.316 e. The van der Waals surface area contributed by atoms with E-state index in [1.807, 2.05) is 18.3 Å². The van der Waals surface area contributed by atoms with E-state index < -0.39 is 0 Å². The van der Waals surface area contributed by atoms with Crippen LogP contribution in [0.2, 0.25) is 0 Å². The zero-order valence-corrected chi connectivity index (χ0v) is 17.5. The number of ketones is 1. The van der Waals surface area contributed by atoms with Gasteiger partial charge < -0.3 is 5.32 Å². The number of unbranched alkanes of at least 4 members (excludes halogenated alkanes) is 1. The van der Waals surface area contributed by atoms with Gasteiger partial charge in [-0.05, 0) is 74.5 Å². The van der Waals surface area contributed by atoms with Gasteiger partial charge in [0.15, 0.2) is 5.78 Å². The molecule has 2 aromatic rings. The lowest BCUT2D eigenvalue weighted by Gasteiger charge is -2.22. The second kappa shape index (κ2) is 9.79. The molecule has 1 fully saturated rings. The molecule has 1 aromatic heterocycles. The minimum atomic E-state index is 0.133. The average molecular weight is 377 g/mol. The minimum absolute atomic E-state index is 0.133. The third-order valence-electron chi connectivity index (χ3n) is 5.63. The molecule has 0 bridgehead atoms. The van der Waals surface area contributed by atoms with E-state index in [-0.39, 0.29) is 5.78 Å². The molecule has 4 rings (SSSR count). The highest BCUT2D eigenvalue weighted by atomic mass is 16.1. The molecule has 28 heavy (non-hydrogen) atoms. The zero-order valence-electron chi connectivity index (χ0n) is 17.5.